The Kier molecular flexibility index (Phi) is 8.63. The highest BCUT2D eigenvalue weighted by atomic mass is 31.2. The van der Waals surface area contributed by atoms with E-state index >= 15 is 0 Å². The molecule has 0 aromatic carbocycles. The van der Waals surface area contributed by atoms with Gasteiger partial charge in [-0.25, -0.2) is 13.9 Å². The van der Waals surface area contributed by atoms with E-state index in [0.717, 1.165) is 0 Å². The number of carbonyl (C=O) groups is 1. The lowest BCUT2D eigenvalue weighted by atomic mass is 9.82. The van der Waals surface area contributed by atoms with Crippen LogP contribution in [-0.4, -0.2) is 134 Å². The van der Waals surface area contributed by atoms with E-state index in [1.807, 2.05) is 0 Å². The van der Waals surface area contributed by atoms with E-state index in [1.54, 1.807) is 0 Å². The van der Waals surface area contributed by atoms with Gasteiger partial charge in [0.2, 0.25) is 5.79 Å². The zero-order valence-corrected chi connectivity index (χ0v) is 15.2. The third kappa shape index (κ3) is 5.46. The number of hydrogen-bond donors (Lipinski definition) is 12. The predicted octanol–water partition coefficient (Wildman–Crippen LogP) is -7.41. The summed E-state index contributed by atoms with van der Waals surface area (Å²) in [5.74, 6) is -5.81. The molecular weight excluding hydrogens is 431 g/mol. The first-order valence-electron chi connectivity index (χ1n) is 7.83. The second-order valence-corrected chi connectivity index (χ2v) is 7.56. The van der Waals surface area contributed by atoms with Gasteiger partial charge >= 0.3 is 13.8 Å². The Morgan fingerprint density at radius 1 is 0.931 bits per heavy atom. The minimum atomic E-state index is -5.87. The van der Waals surface area contributed by atoms with E-state index in [4.69, 9.17) is 10.2 Å². The molecule has 3 unspecified atom stereocenters. The number of aliphatic hydroxyl groups excluding tert-OH is 10. The molecule has 16 nitrogen and oxygen atoms in total. The minimum Gasteiger partial charge on any atom is -0.394 e. The highest BCUT2D eigenvalue weighted by Crippen LogP contribution is 2.50. The zero-order valence-electron chi connectivity index (χ0n) is 14.4. The molecule has 1 rings (SSSR count). The standard InChI is InChI=1S/C12H23O16P/c13-1-2(14)3(15)4(16)8(20)11(23)27-29(25,26)28-12(24)9(21)6(18)5(17)7(19)10(12)22/h2-10,13-22,24H,1H2,(H,25,26)/t2-,3-,4+,5?,6-,7+,8-,9-,10-,12?/m1/s1. The maximum Gasteiger partial charge on any atom is 0.532 e. The molecule has 29 heavy (non-hydrogen) atoms. The third-order valence-corrected chi connectivity index (χ3v) is 5.09. The van der Waals surface area contributed by atoms with Crippen LogP contribution in [0.1, 0.15) is 0 Å². The predicted molar refractivity (Wildman–Crippen MR) is 83.1 cm³/mol. The van der Waals surface area contributed by atoms with E-state index in [2.05, 4.69) is 9.05 Å². The molecular formula is C12H23O16P. The number of carbonyl (C=O) groups excluding carboxylic acids is 1. The van der Waals surface area contributed by atoms with Crippen molar-refractivity contribution in [2.75, 3.05) is 6.61 Å². The van der Waals surface area contributed by atoms with E-state index in [0.29, 0.717) is 0 Å². The maximum absolute atomic E-state index is 11.9. The summed E-state index contributed by atoms with van der Waals surface area (Å²) >= 11 is 0. The highest BCUT2D eigenvalue weighted by molar-refractivity contribution is 7.48. The molecule has 0 aromatic heterocycles. The second-order valence-electron chi connectivity index (χ2n) is 6.26. The van der Waals surface area contributed by atoms with Crippen molar-refractivity contribution in [1.82, 2.24) is 0 Å². The highest BCUT2D eigenvalue weighted by Gasteiger charge is 2.62. The van der Waals surface area contributed by atoms with E-state index in [9.17, 15) is 60.2 Å². The SMILES string of the molecule is O=C(OP(=O)(O)OC1(O)[C@H](O)[C@H](O)C(O)[C@H](O)[C@H]1O)[C@H](O)[C@@H](O)[C@H](O)[C@H](O)CO. The first-order valence-corrected chi connectivity index (χ1v) is 9.33. The molecule has 0 aromatic rings. The number of phosphoric ester groups is 1. The lowest BCUT2D eigenvalue weighted by molar-refractivity contribution is -0.336. The molecule has 1 saturated carbocycles. The molecule has 17 heteroatoms. The molecule has 1 aliphatic rings. The fraction of sp³-hybridized carbons (Fsp3) is 0.917. The van der Waals surface area contributed by atoms with Gasteiger partial charge in [-0.15, -0.1) is 0 Å². The molecule has 1 aliphatic carbocycles. The quantitative estimate of drug-likeness (QED) is 0.120. The molecule has 11 atom stereocenters. The van der Waals surface area contributed by atoms with Gasteiger partial charge < -0.3 is 60.7 Å². The van der Waals surface area contributed by atoms with Crippen molar-refractivity contribution in [3.05, 3.63) is 0 Å². The maximum atomic E-state index is 11.9. The van der Waals surface area contributed by atoms with Crippen LogP contribution < -0.4 is 0 Å². The Morgan fingerprint density at radius 2 is 1.38 bits per heavy atom. The molecule has 12 N–H and O–H groups in total. The molecule has 0 bridgehead atoms. The Labute approximate surface area is 161 Å². The topological polar surface area (TPSA) is 295 Å². The summed E-state index contributed by atoms with van der Waals surface area (Å²) in [4.78, 5) is 21.2. The first-order chi connectivity index (χ1) is 13.1. The summed E-state index contributed by atoms with van der Waals surface area (Å²) in [7, 11) is -5.87. The van der Waals surface area contributed by atoms with Crippen LogP contribution >= 0.6 is 7.82 Å². The average molecular weight is 454 g/mol. The van der Waals surface area contributed by atoms with Crippen molar-refractivity contribution >= 4 is 13.8 Å². The lowest BCUT2D eigenvalue weighted by Crippen LogP contribution is -2.71. The molecule has 0 aliphatic heterocycles. The Bertz CT molecular complexity index is 599. The van der Waals surface area contributed by atoms with Crippen LogP contribution in [0.3, 0.4) is 0 Å². The van der Waals surface area contributed by atoms with Crippen LogP contribution in [0.4, 0.5) is 0 Å². The van der Waals surface area contributed by atoms with Crippen molar-refractivity contribution < 1.29 is 79.5 Å². The van der Waals surface area contributed by atoms with Gasteiger partial charge in [0.05, 0.1) is 6.61 Å². The summed E-state index contributed by atoms with van der Waals surface area (Å²) in [5, 5.41) is 104. The first kappa shape index (κ1) is 26.2. The summed E-state index contributed by atoms with van der Waals surface area (Å²) in [6.45, 7) is -1.10. The van der Waals surface area contributed by atoms with Crippen molar-refractivity contribution in [1.29, 1.82) is 0 Å². The fourth-order valence-corrected chi connectivity index (χ4v) is 3.34. The summed E-state index contributed by atoms with van der Waals surface area (Å²) in [6.07, 6.45) is -22.0. The Morgan fingerprint density at radius 3 is 1.79 bits per heavy atom. The van der Waals surface area contributed by atoms with Crippen LogP contribution in [0.2, 0.25) is 0 Å². The molecule has 0 saturated heterocycles. The van der Waals surface area contributed by atoms with Gasteiger partial charge in [0.25, 0.3) is 0 Å². The Hall–Kier alpha value is -0.820. The van der Waals surface area contributed by atoms with Crippen molar-refractivity contribution in [3.63, 3.8) is 0 Å². The van der Waals surface area contributed by atoms with Crippen molar-refractivity contribution in [3.8, 4) is 0 Å². The van der Waals surface area contributed by atoms with Gasteiger partial charge in [-0.05, 0) is 0 Å². The molecule has 0 spiro atoms. The lowest BCUT2D eigenvalue weighted by Gasteiger charge is -2.46. The van der Waals surface area contributed by atoms with Gasteiger partial charge in [0.1, 0.15) is 48.8 Å². The van der Waals surface area contributed by atoms with Gasteiger partial charge in [-0.2, -0.15) is 0 Å². The van der Waals surface area contributed by atoms with E-state index in [-0.39, 0.29) is 0 Å². The normalized spacial score (nSPS) is 39.1. The molecule has 1 fully saturated rings. The average Bonchev–Trinajstić information content (AvgIpc) is 2.66. The zero-order chi connectivity index (χ0) is 22.9. The molecule has 0 amide bonds. The van der Waals surface area contributed by atoms with E-state index < -0.39 is 81.1 Å². The van der Waals surface area contributed by atoms with Crippen LogP contribution in [0.15, 0.2) is 0 Å². The largest absolute Gasteiger partial charge is 0.532 e. The number of phosphoric acid groups is 1. The summed E-state index contributed by atoms with van der Waals surface area (Å²) in [6, 6.07) is 0. The Balaban J connectivity index is 2.94. The molecule has 172 valence electrons. The van der Waals surface area contributed by atoms with Crippen molar-refractivity contribution in [2.24, 2.45) is 0 Å². The second kappa shape index (κ2) is 9.54. The molecule has 0 radical (unpaired) electrons. The van der Waals surface area contributed by atoms with Crippen molar-refractivity contribution in [2.45, 2.75) is 60.7 Å². The molecule has 0 heterocycles. The van der Waals surface area contributed by atoms with Gasteiger partial charge in [0.15, 0.2) is 6.10 Å². The van der Waals surface area contributed by atoms with Crippen LogP contribution in [0.25, 0.3) is 0 Å². The number of hydrogen-bond acceptors (Lipinski definition) is 15. The van der Waals surface area contributed by atoms with Crippen LogP contribution in [0.5, 0.6) is 0 Å². The van der Waals surface area contributed by atoms with Crippen LogP contribution in [-0.2, 0) is 18.4 Å². The minimum absolute atomic E-state index is 1.10. The van der Waals surface area contributed by atoms with Gasteiger partial charge in [-0.1, -0.05) is 0 Å². The summed E-state index contributed by atoms with van der Waals surface area (Å²) < 4.78 is 19.8. The monoisotopic (exact) mass is 454 g/mol. The summed E-state index contributed by atoms with van der Waals surface area (Å²) in [5.41, 5.74) is 0. The van der Waals surface area contributed by atoms with Crippen LogP contribution in [0, 0.1) is 0 Å². The van der Waals surface area contributed by atoms with Gasteiger partial charge in [0, 0.05) is 0 Å². The van der Waals surface area contributed by atoms with Gasteiger partial charge in [-0.3, -0.25) is 4.89 Å². The van der Waals surface area contributed by atoms with E-state index in [1.165, 1.54) is 0 Å². The smallest absolute Gasteiger partial charge is 0.394 e. The fourth-order valence-electron chi connectivity index (χ4n) is 2.38. The number of aliphatic hydroxyl groups is 11. The third-order valence-electron chi connectivity index (χ3n) is 4.16. The number of rotatable bonds is 8.